The molecular formula is C18H18F2N2O2. The number of nitrogens with one attached hydrogen (secondary N) is 2. The van der Waals surface area contributed by atoms with Gasteiger partial charge < -0.3 is 15.4 Å². The van der Waals surface area contributed by atoms with E-state index in [1.54, 1.807) is 0 Å². The number of hydrogen-bond acceptors (Lipinski definition) is 3. The molecule has 0 bridgehead atoms. The van der Waals surface area contributed by atoms with E-state index in [1.807, 2.05) is 18.2 Å². The Kier molecular flexibility index (Phi) is 5.05. The van der Waals surface area contributed by atoms with E-state index in [2.05, 4.69) is 10.6 Å². The van der Waals surface area contributed by atoms with Crippen molar-refractivity contribution in [2.24, 2.45) is 0 Å². The van der Waals surface area contributed by atoms with Crippen LogP contribution < -0.4 is 15.4 Å². The van der Waals surface area contributed by atoms with Crippen molar-refractivity contribution >= 4 is 11.6 Å². The van der Waals surface area contributed by atoms with Crippen molar-refractivity contribution in [3.63, 3.8) is 0 Å². The summed E-state index contributed by atoms with van der Waals surface area (Å²) in [5, 5.41) is 5.63. The minimum absolute atomic E-state index is 0.198. The van der Waals surface area contributed by atoms with Crippen molar-refractivity contribution in [3.8, 4) is 5.75 Å². The number of anilines is 1. The summed E-state index contributed by atoms with van der Waals surface area (Å²) in [6, 6.07) is 8.64. The largest absolute Gasteiger partial charge is 0.484 e. The molecule has 126 valence electrons. The first-order valence-corrected chi connectivity index (χ1v) is 7.82. The highest BCUT2D eigenvalue weighted by molar-refractivity contribution is 5.92. The Morgan fingerprint density at radius 1 is 1.08 bits per heavy atom. The monoisotopic (exact) mass is 332 g/mol. The van der Waals surface area contributed by atoms with Gasteiger partial charge in [-0.15, -0.1) is 0 Å². The Labute approximate surface area is 138 Å². The summed E-state index contributed by atoms with van der Waals surface area (Å²) in [5.41, 5.74) is 2.28. The number of carbonyl (C=O) groups excluding carboxylic acids is 1. The van der Waals surface area contributed by atoms with Crippen LogP contribution in [0.2, 0.25) is 0 Å². The van der Waals surface area contributed by atoms with Crippen molar-refractivity contribution < 1.29 is 18.3 Å². The van der Waals surface area contributed by atoms with E-state index in [4.69, 9.17) is 4.74 Å². The van der Waals surface area contributed by atoms with Gasteiger partial charge in [0.1, 0.15) is 17.4 Å². The SMILES string of the molecule is O=C(COc1ccc2c(c1)CCNCC2)Nc1cc(F)ccc1F. The molecule has 4 nitrogen and oxygen atoms in total. The van der Waals surface area contributed by atoms with Gasteiger partial charge in [-0.2, -0.15) is 0 Å². The van der Waals surface area contributed by atoms with Crippen molar-refractivity contribution in [2.45, 2.75) is 12.8 Å². The Bertz CT molecular complexity index is 750. The predicted octanol–water partition coefficient (Wildman–Crippen LogP) is 2.67. The molecule has 1 aliphatic rings. The molecule has 1 amide bonds. The van der Waals surface area contributed by atoms with Crippen LogP contribution in [0.1, 0.15) is 11.1 Å². The molecule has 0 saturated heterocycles. The zero-order valence-corrected chi connectivity index (χ0v) is 13.1. The summed E-state index contributed by atoms with van der Waals surface area (Å²) in [6.07, 6.45) is 1.88. The van der Waals surface area contributed by atoms with Crippen LogP contribution in [0.4, 0.5) is 14.5 Å². The zero-order valence-electron chi connectivity index (χ0n) is 13.1. The number of rotatable bonds is 4. The second kappa shape index (κ2) is 7.40. The molecule has 0 unspecified atom stereocenters. The van der Waals surface area contributed by atoms with Crippen LogP contribution in [0.25, 0.3) is 0 Å². The maximum absolute atomic E-state index is 13.5. The van der Waals surface area contributed by atoms with Crippen molar-refractivity contribution in [3.05, 3.63) is 59.2 Å². The fourth-order valence-electron chi connectivity index (χ4n) is 2.67. The standard InChI is InChI=1S/C18H18F2N2O2/c19-14-2-4-16(20)17(10-14)22-18(23)11-24-15-3-1-12-5-7-21-8-6-13(12)9-15/h1-4,9-10,21H,5-8,11H2,(H,22,23). The van der Waals surface area contributed by atoms with Crippen LogP contribution in [0.3, 0.4) is 0 Å². The van der Waals surface area contributed by atoms with Gasteiger partial charge >= 0.3 is 0 Å². The minimum atomic E-state index is -0.692. The lowest BCUT2D eigenvalue weighted by Gasteiger charge is -2.11. The highest BCUT2D eigenvalue weighted by atomic mass is 19.1. The van der Waals surface area contributed by atoms with E-state index in [-0.39, 0.29) is 12.3 Å². The van der Waals surface area contributed by atoms with Crippen molar-refractivity contribution in [2.75, 3.05) is 25.0 Å². The fraction of sp³-hybridized carbons (Fsp3) is 0.278. The Balaban J connectivity index is 1.60. The zero-order chi connectivity index (χ0) is 16.9. The van der Waals surface area contributed by atoms with Crippen LogP contribution in [-0.4, -0.2) is 25.6 Å². The smallest absolute Gasteiger partial charge is 0.262 e. The first-order valence-electron chi connectivity index (χ1n) is 7.82. The third kappa shape index (κ3) is 4.08. The molecule has 2 aromatic carbocycles. The number of amides is 1. The summed E-state index contributed by atoms with van der Waals surface area (Å²) in [6.45, 7) is 1.59. The van der Waals surface area contributed by atoms with Crippen LogP contribution in [0.5, 0.6) is 5.75 Å². The van der Waals surface area contributed by atoms with Gasteiger partial charge in [0.25, 0.3) is 5.91 Å². The number of ether oxygens (including phenoxy) is 1. The first kappa shape index (κ1) is 16.4. The van der Waals surface area contributed by atoms with E-state index in [1.165, 1.54) is 11.1 Å². The first-order chi connectivity index (χ1) is 11.6. The predicted molar refractivity (Wildman–Crippen MR) is 87.2 cm³/mol. The maximum Gasteiger partial charge on any atom is 0.262 e. The number of benzene rings is 2. The maximum atomic E-state index is 13.5. The lowest BCUT2D eigenvalue weighted by molar-refractivity contribution is -0.118. The van der Waals surface area contributed by atoms with E-state index in [9.17, 15) is 13.6 Å². The molecule has 6 heteroatoms. The number of fused-ring (bicyclic) bond motifs is 1. The third-order valence-electron chi connectivity index (χ3n) is 3.89. The molecule has 0 aliphatic carbocycles. The molecule has 2 N–H and O–H groups in total. The molecule has 2 aromatic rings. The fourth-order valence-corrected chi connectivity index (χ4v) is 2.67. The van der Waals surface area contributed by atoms with Crippen LogP contribution in [0.15, 0.2) is 36.4 Å². The van der Waals surface area contributed by atoms with E-state index < -0.39 is 17.5 Å². The Morgan fingerprint density at radius 3 is 2.71 bits per heavy atom. The second-order valence-electron chi connectivity index (χ2n) is 5.64. The molecule has 0 fully saturated rings. The van der Waals surface area contributed by atoms with Gasteiger partial charge in [-0.05, 0) is 61.3 Å². The highest BCUT2D eigenvalue weighted by Gasteiger charge is 2.11. The highest BCUT2D eigenvalue weighted by Crippen LogP contribution is 2.20. The van der Waals surface area contributed by atoms with Crippen molar-refractivity contribution in [1.82, 2.24) is 5.32 Å². The van der Waals surface area contributed by atoms with Gasteiger partial charge in [-0.1, -0.05) is 6.07 Å². The van der Waals surface area contributed by atoms with E-state index in [0.29, 0.717) is 5.75 Å². The van der Waals surface area contributed by atoms with Gasteiger partial charge in [0, 0.05) is 6.07 Å². The average Bonchev–Trinajstić information content (AvgIpc) is 2.81. The van der Waals surface area contributed by atoms with Gasteiger partial charge in [0.15, 0.2) is 6.61 Å². The summed E-state index contributed by atoms with van der Waals surface area (Å²) < 4.78 is 32.0. The minimum Gasteiger partial charge on any atom is -0.484 e. The molecule has 3 rings (SSSR count). The van der Waals surface area contributed by atoms with Gasteiger partial charge in [0.05, 0.1) is 5.69 Å². The van der Waals surface area contributed by atoms with Crippen LogP contribution in [0, 0.1) is 11.6 Å². The van der Waals surface area contributed by atoms with Crippen molar-refractivity contribution in [1.29, 1.82) is 0 Å². The lowest BCUT2D eigenvalue weighted by atomic mass is 10.0. The van der Waals surface area contributed by atoms with Gasteiger partial charge in [-0.3, -0.25) is 4.79 Å². The molecule has 24 heavy (non-hydrogen) atoms. The molecule has 0 atom stereocenters. The number of carbonyl (C=O) groups is 1. The second-order valence-corrected chi connectivity index (χ2v) is 5.64. The van der Waals surface area contributed by atoms with E-state index >= 15 is 0 Å². The Morgan fingerprint density at radius 2 is 1.88 bits per heavy atom. The summed E-state index contributed by atoms with van der Waals surface area (Å²) in [4.78, 5) is 11.9. The molecule has 0 saturated carbocycles. The quantitative estimate of drug-likeness (QED) is 0.905. The topological polar surface area (TPSA) is 50.4 Å². The third-order valence-corrected chi connectivity index (χ3v) is 3.89. The van der Waals surface area contributed by atoms with Crippen LogP contribution in [-0.2, 0) is 17.6 Å². The van der Waals surface area contributed by atoms with Gasteiger partial charge in [0.2, 0.25) is 0 Å². The normalized spacial score (nSPS) is 13.8. The van der Waals surface area contributed by atoms with Gasteiger partial charge in [-0.25, -0.2) is 8.78 Å². The summed E-state index contributed by atoms with van der Waals surface area (Å²) in [5.74, 6) is -1.27. The van der Waals surface area contributed by atoms with Crippen LogP contribution >= 0.6 is 0 Å². The lowest BCUT2D eigenvalue weighted by Crippen LogP contribution is -2.21. The summed E-state index contributed by atoms with van der Waals surface area (Å²) in [7, 11) is 0. The molecule has 0 aromatic heterocycles. The number of hydrogen-bond donors (Lipinski definition) is 2. The Hall–Kier alpha value is -2.47. The molecule has 1 aliphatic heterocycles. The summed E-state index contributed by atoms with van der Waals surface area (Å²) >= 11 is 0. The number of halogens is 2. The molecule has 0 radical (unpaired) electrons. The average molecular weight is 332 g/mol. The molecule has 0 spiro atoms. The molecular weight excluding hydrogens is 314 g/mol. The van der Waals surface area contributed by atoms with E-state index in [0.717, 1.165) is 44.1 Å². The molecule has 1 heterocycles.